The number of aryl methyl sites for hydroxylation is 1. The molecule has 0 aliphatic carbocycles. The van der Waals surface area contributed by atoms with E-state index in [9.17, 15) is 8.78 Å². The Morgan fingerprint density at radius 2 is 1.81 bits per heavy atom. The number of halogens is 2. The summed E-state index contributed by atoms with van der Waals surface area (Å²) in [5, 5.41) is 3.32. The Morgan fingerprint density at radius 1 is 1.19 bits per heavy atom. The van der Waals surface area contributed by atoms with Crippen molar-refractivity contribution in [2.75, 3.05) is 6.54 Å². The molecule has 0 bridgehead atoms. The van der Waals surface area contributed by atoms with Crippen LogP contribution in [0.1, 0.15) is 64.6 Å². The molecular formula is C18H29F2N. The van der Waals surface area contributed by atoms with Gasteiger partial charge in [-0.2, -0.15) is 0 Å². The number of rotatable bonds is 6. The molecule has 2 atom stereocenters. The average molecular weight is 297 g/mol. The molecule has 0 aliphatic rings. The van der Waals surface area contributed by atoms with E-state index < -0.39 is 11.6 Å². The first-order valence-electron chi connectivity index (χ1n) is 7.86. The summed E-state index contributed by atoms with van der Waals surface area (Å²) < 4.78 is 28.6. The maximum absolute atomic E-state index is 14.4. The Labute approximate surface area is 128 Å². The average Bonchev–Trinajstić information content (AvgIpc) is 2.39. The molecule has 0 saturated heterocycles. The highest BCUT2D eigenvalue weighted by Gasteiger charge is 2.27. The van der Waals surface area contributed by atoms with Crippen LogP contribution < -0.4 is 5.32 Å². The van der Waals surface area contributed by atoms with E-state index in [1.807, 2.05) is 0 Å². The lowest BCUT2D eigenvalue weighted by molar-refractivity contribution is 0.220. The smallest absolute Gasteiger partial charge is 0.133 e. The Hall–Kier alpha value is -0.960. The molecule has 21 heavy (non-hydrogen) atoms. The molecule has 1 rings (SSSR count). The highest BCUT2D eigenvalue weighted by atomic mass is 19.1. The lowest BCUT2D eigenvalue weighted by atomic mass is 9.77. The first-order chi connectivity index (χ1) is 9.68. The van der Waals surface area contributed by atoms with E-state index in [1.165, 1.54) is 12.1 Å². The largest absolute Gasteiger partial charge is 0.310 e. The van der Waals surface area contributed by atoms with Crippen molar-refractivity contribution in [1.82, 2.24) is 5.32 Å². The van der Waals surface area contributed by atoms with E-state index in [0.29, 0.717) is 11.5 Å². The molecule has 1 aromatic carbocycles. The first kappa shape index (κ1) is 18.1. The van der Waals surface area contributed by atoms with Crippen LogP contribution in [0.25, 0.3) is 0 Å². The summed E-state index contributed by atoms with van der Waals surface area (Å²) in [4.78, 5) is 0. The molecule has 0 fully saturated rings. The standard InChI is InChI=1S/C18H29F2N/c1-7-10-21-15(11-13(3)18(4,5)6)16-14(19)9-8-12(2)17(16)20/h8-9,13,15,21H,7,10-11H2,1-6H3. The van der Waals surface area contributed by atoms with Crippen LogP contribution in [0.2, 0.25) is 0 Å². The van der Waals surface area contributed by atoms with Crippen molar-refractivity contribution in [3.8, 4) is 0 Å². The molecule has 0 radical (unpaired) electrons. The van der Waals surface area contributed by atoms with Gasteiger partial charge in [-0.25, -0.2) is 8.78 Å². The predicted octanol–water partition coefficient (Wildman–Crippen LogP) is 5.39. The fourth-order valence-electron chi connectivity index (χ4n) is 2.33. The van der Waals surface area contributed by atoms with E-state index >= 15 is 0 Å². The molecule has 1 N–H and O–H groups in total. The zero-order valence-electron chi connectivity index (χ0n) is 14.2. The molecule has 0 heterocycles. The van der Waals surface area contributed by atoms with Gasteiger partial charge in [-0.1, -0.05) is 40.7 Å². The molecule has 3 heteroatoms. The maximum atomic E-state index is 14.4. The van der Waals surface area contributed by atoms with Gasteiger partial charge in [0.05, 0.1) is 0 Å². The highest BCUT2D eigenvalue weighted by molar-refractivity contribution is 5.29. The number of hydrogen-bond donors (Lipinski definition) is 1. The van der Waals surface area contributed by atoms with Crippen LogP contribution >= 0.6 is 0 Å². The number of hydrogen-bond acceptors (Lipinski definition) is 1. The second-order valence-corrected chi connectivity index (χ2v) is 7.10. The van der Waals surface area contributed by atoms with Crippen LogP contribution in [0.15, 0.2) is 12.1 Å². The molecule has 0 amide bonds. The molecule has 0 spiro atoms. The third-order valence-corrected chi connectivity index (χ3v) is 4.38. The summed E-state index contributed by atoms with van der Waals surface area (Å²) in [5.41, 5.74) is 0.806. The third-order valence-electron chi connectivity index (χ3n) is 4.38. The van der Waals surface area contributed by atoms with E-state index in [-0.39, 0.29) is 17.0 Å². The summed E-state index contributed by atoms with van der Waals surface area (Å²) in [6, 6.07) is 2.59. The minimum atomic E-state index is -0.451. The number of nitrogens with one attached hydrogen (secondary N) is 1. The fourth-order valence-corrected chi connectivity index (χ4v) is 2.33. The molecular weight excluding hydrogens is 268 g/mol. The van der Waals surface area contributed by atoms with Gasteiger partial charge in [0.25, 0.3) is 0 Å². The van der Waals surface area contributed by atoms with E-state index in [2.05, 4.69) is 39.9 Å². The fraction of sp³-hybridized carbons (Fsp3) is 0.667. The van der Waals surface area contributed by atoms with Crippen LogP contribution in [0.4, 0.5) is 8.78 Å². The zero-order valence-corrected chi connectivity index (χ0v) is 14.2. The van der Waals surface area contributed by atoms with Gasteiger partial charge < -0.3 is 5.32 Å². The van der Waals surface area contributed by atoms with E-state index in [4.69, 9.17) is 0 Å². The van der Waals surface area contributed by atoms with E-state index in [0.717, 1.165) is 19.4 Å². The van der Waals surface area contributed by atoms with Gasteiger partial charge in [0, 0.05) is 11.6 Å². The molecule has 1 aromatic rings. The summed E-state index contributed by atoms with van der Waals surface area (Å²) in [5.74, 6) is -0.510. The summed E-state index contributed by atoms with van der Waals surface area (Å²) >= 11 is 0. The normalized spacial score (nSPS) is 15.0. The van der Waals surface area contributed by atoms with Crippen LogP contribution in [0.3, 0.4) is 0 Å². The monoisotopic (exact) mass is 297 g/mol. The quantitative estimate of drug-likeness (QED) is 0.742. The van der Waals surface area contributed by atoms with Crippen molar-refractivity contribution in [2.24, 2.45) is 11.3 Å². The van der Waals surface area contributed by atoms with Gasteiger partial charge in [0.15, 0.2) is 0 Å². The van der Waals surface area contributed by atoms with Gasteiger partial charge in [-0.3, -0.25) is 0 Å². The second-order valence-electron chi connectivity index (χ2n) is 7.10. The molecule has 2 unspecified atom stereocenters. The maximum Gasteiger partial charge on any atom is 0.133 e. The van der Waals surface area contributed by atoms with Crippen LogP contribution in [0.5, 0.6) is 0 Å². The van der Waals surface area contributed by atoms with Crippen LogP contribution in [-0.4, -0.2) is 6.54 Å². The van der Waals surface area contributed by atoms with E-state index in [1.54, 1.807) is 6.92 Å². The number of benzene rings is 1. The Bertz CT molecular complexity index is 463. The van der Waals surface area contributed by atoms with Crippen LogP contribution in [-0.2, 0) is 0 Å². The summed E-state index contributed by atoms with van der Waals surface area (Å²) in [6.07, 6.45) is 1.66. The van der Waals surface area contributed by atoms with Gasteiger partial charge in [-0.15, -0.1) is 0 Å². The molecule has 120 valence electrons. The molecule has 1 nitrogen and oxygen atoms in total. The summed E-state index contributed by atoms with van der Waals surface area (Å²) in [6.45, 7) is 13.1. The van der Waals surface area contributed by atoms with Crippen molar-refractivity contribution in [2.45, 2.75) is 60.4 Å². The SMILES string of the molecule is CCCNC(CC(C)C(C)(C)C)c1c(F)ccc(C)c1F. The van der Waals surface area contributed by atoms with Crippen molar-refractivity contribution in [3.05, 3.63) is 34.9 Å². The molecule has 0 saturated carbocycles. The van der Waals surface area contributed by atoms with Crippen LogP contribution in [0, 0.1) is 29.9 Å². The Kier molecular flexibility index (Phi) is 6.33. The predicted molar refractivity (Wildman–Crippen MR) is 85.4 cm³/mol. The Morgan fingerprint density at radius 3 is 2.33 bits per heavy atom. The summed E-state index contributed by atoms with van der Waals surface area (Å²) in [7, 11) is 0. The third kappa shape index (κ3) is 4.77. The molecule has 0 aliphatic heterocycles. The van der Waals surface area contributed by atoms with Gasteiger partial charge in [-0.05, 0) is 49.3 Å². The van der Waals surface area contributed by atoms with Crippen molar-refractivity contribution in [1.29, 1.82) is 0 Å². The van der Waals surface area contributed by atoms with Gasteiger partial charge in [0.1, 0.15) is 11.6 Å². The highest BCUT2D eigenvalue weighted by Crippen LogP contribution is 2.35. The second kappa shape index (κ2) is 7.35. The lowest BCUT2D eigenvalue weighted by Gasteiger charge is -2.32. The van der Waals surface area contributed by atoms with Crippen molar-refractivity contribution in [3.63, 3.8) is 0 Å². The van der Waals surface area contributed by atoms with Gasteiger partial charge in [0.2, 0.25) is 0 Å². The van der Waals surface area contributed by atoms with Gasteiger partial charge >= 0.3 is 0 Å². The zero-order chi connectivity index (χ0) is 16.2. The minimum absolute atomic E-state index is 0.114. The topological polar surface area (TPSA) is 12.0 Å². The first-order valence-corrected chi connectivity index (χ1v) is 7.86. The minimum Gasteiger partial charge on any atom is -0.310 e. The lowest BCUT2D eigenvalue weighted by Crippen LogP contribution is -2.29. The Balaban J connectivity index is 3.11. The van der Waals surface area contributed by atoms with Crippen molar-refractivity contribution >= 4 is 0 Å². The molecule has 0 aromatic heterocycles. The van der Waals surface area contributed by atoms with Crippen molar-refractivity contribution < 1.29 is 8.78 Å².